The molecule has 1 aromatic carbocycles. The second-order valence-corrected chi connectivity index (χ2v) is 4.23. The Balaban J connectivity index is 1.73. The molecule has 0 radical (unpaired) electrons. The number of hydrogen-bond donors (Lipinski definition) is 3. The van der Waals surface area contributed by atoms with Crippen LogP contribution >= 0.6 is 0 Å². The maximum Gasteiger partial charge on any atom is 0.224 e. The standard InChI is InChI=1S/C13H14N6/c14-13-17-11(10-8-16-19-12(10)18-13)15-7-6-9-4-2-1-3-5-9/h1-5,8H,6-7H2,(H4,14,15,16,17,18,19). The van der Waals surface area contributed by atoms with Crippen LogP contribution in [0.3, 0.4) is 0 Å². The Kier molecular flexibility index (Phi) is 2.97. The molecule has 19 heavy (non-hydrogen) atoms. The molecule has 0 saturated heterocycles. The Morgan fingerprint density at radius 2 is 2.00 bits per heavy atom. The minimum atomic E-state index is 0.235. The van der Waals surface area contributed by atoms with Crippen LogP contribution in [0, 0.1) is 0 Å². The summed E-state index contributed by atoms with van der Waals surface area (Å²) >= 11 is 0. The van der Waals surface area contributed by atoms with Crippen LogP contribution in [-0.2, 0) is 6.42 Å². The Hall–Kier alpha value is -2.63. The summed E-state index contributed by atoms with van der Waals surface area (Å²) in [7, 11) is 0. The topological polar surface area (TPSA) is 92.5 Å². The Bertz CT molecular complexity index is 676. The number of aromatic nitrogens is 4. The molecule has 3 rings (SSSR count). The molecule has 6 heteroatoms. The molecule has 96 valence electrons. The van der Waals surface area contributed by atoms with Gasteiger partial charge in [-0.25, -0.2) is 0 Å². The Morgan fingerprint density at radius 1 is 1.16 bits per heavy atom. The van der Waals surface area contributed by atoms with E-state index in [9.17, 15) is 0 Å². The highest BCUT2D eigenvalue weighted by Crippen LogP contribution is 2.18. The van der Waals surface area contributed by atoms with E-state index in [1.165, 1.54) is 5.56 Å². The zero-order valence-corrected chi connectivity index (χ0v) is 10.3. The third-order valence-corrected chi connectivity index (χ3v) is 2.88. The average molecular weight is 254 g/mol. The number of nitrogens with two attached hydrogens (primary N) is 1. The highest BCUT2D eigenvalue weighted by Gasteiger charge is 2.07. The highest BCUT2D eigenvalue weighted by atomic mass is 15.2. The maximum absolute atomic E-state index is 5.66. The van der Waals surface area contributed by atoms with Gasteiger partial charge in [0.15, 0.2) is 5.65 Å². The minimum absolute atomic E-state index is 0.235. The second kappa shape index (κ2) is 4.93. The number of hydrogen-bond acceptors (Lipinski definition) is 5. The van der Waals surface area contributed by atoms with Crippen LogP contribution in [0.15, 0.2) is 36.5 Å². The zero-order chi connectivity index (χ0) is 13.1. The minimum Gasteiger partial charge on any atom is -0.369 e. The first kappa shape index (κ1) is 11.5. The van der Waals surface area contributed by atoms with Gasteiger partial charge in [0.2, 0.25) is 5.95 Å². The molecule has 2 heterocycles. The van der Waals surface area contributed by atoms with E-state index in [0.29, 0.717) is 11.5 Å². The van der Waals surface area contributed by atoms with E-state index in [4.69, 9.17) is 5.73 Å². The van der Waals surface area contributed by atoms with Crippen molar-refractivity contribution in [3.8, 4) is 0 Å². The fraction of sp³-hybridized carbons (Fsp3) is 0.154. The van der Waals surface area contributed by atoms with Crippen LogP contribution in [0.5, 0.6) is 0 Å². The molecule has 2 aromatic heterocycles. The van der Waals surface area contributed by atoms with E-state index >= 15 is 0 Å². The number of nitrogens with one attached hydrogen (secondary N) is 2. The SMILES string of the molecule is Nc1nc(NCCc2ccccc2)c2cn[nH]c2n1. The van der Waals surface area contributed by atoms with Crippen LogP contribution < -0.4 is 11.1 Å². The van der Waals surface area contributed by atoms with Crippen molar-refractivity contribution in [2.45, 2.75) is 6.42 Å². The van der Waals surface area contributed by atoms with Gasteiger partial charge in [-0.3, -0.25) is 5.10 Å². The molecule has 4 N–H and O–H groups in total. The fourth-order valence-corrected chi connectivity index (χ4v) is 1.96. The second-order valence-electron chi connectivity index (χ2n) is 4.23. The number of H-pyrrole nitrogens is 1. The molecule has 0 atom stereocenters. The number of aromatic amines is 1. The summed E-state index contributed by atoms with van der Waals surface area (Å²) in [4.78, 5) is 8.27. The first-order chi connectivity index (χ1) is 9.33. The molecule has 0 unspecified atom stereocenters. The third kappa shape index (κ3) is 2.47. The van der Waals surface area contributed by atoms with Crippen LogP contribution in [0.25, 0.3) is 11.0 Å². The summed E-state index contributed by atoms with van der Waals surface area (Å²) in [5, 5.41) is 10.9. The third-order valence-electron chi connectivity index (χ3n) is 2.88. The van der Waals surface area contributed by atoms with Gasteiger partial charge in [-0.05, 0) is 12.0 Å². The molecule has 0 aliphatic rings. The molecular formula is C13H14N6. The van der Waals surface area contributed by atoms with Crippen molar-refractivity contribution in [1.82, 2.24) is 20.2 Å². The Morgan fingerprint density at radius 3 is 2.84 bits per heavy atom. The normalized spacial score (nSPS) is 10.7. The van der Waals surface area contributed by atoms with Gasteiger partial charge in [-0.2, -0.15) is 15.1 Å². The highest BCUT2D eigenvalue weighted by molar-refractivity contribution is 5.86. The number of fused-ring (bicyclic) bond motifs is 1. The van der Waals surface area contributed by atoms with Crippen molar-refractivity contribution in [2.75, 3.05) is 17.6 Å². The number of nitrogen functional groups attached to an aromatic ring is 1. The van der Waals surface area contributed by atoms with Gasteiger partial charge in [0, 0.05) is 6.54 Å². The largest absolute Gasteiger partial charge is 0.369 e. The van der Waals surface area contributed by atoms with E-state index in [2.05, 4.69) is 37.6 Å². The van der Waals surface area contributed by atoms with E-state index in [0.717, 1.165) is 18.4 Å². The van der Waals surface area contributed by atoms with Gasteiger partial charge in [0.25, 0.3) is 0 Å². The van der Waals surface area contributed by atoms with Gasteiger partial charge in [-0.1, -0.05) is 30.3 Å². The lowest BCUT2D eigenvalue weighted by Crippen LogP contribution is -2.08. The van der Waals surface area contributed by atoms with Gasteiger partial charge < -0.3 is 11.1 Å². The summed E-state index contributed by atoms with van der Waals surface area (Å²) in [5.74, 6) is 0.950. The molecule has 6 nitrogen and oxygen atoms in total. The summed E-state index contributed by atoms with van der Waals surface area (Å²) in [5.41, 5.74) is 7.58. The molecule has 0 amide bonds. The maximum atomic E-state index is 5.66. The monoisotopic (exact) mass is 254 g/mol. The molecule has 0 spiro atoms. The molecule has 0 bridgehead atoms. The lowest BCUT2D eigenvalue weighted by Gasteiger charge is -2.07. The van der Waals surface area contributed by atoms with Gasteiger partial charge in [-0.15, -0.1) is 0 Å². The molecule has 0 aliphatic heterocycles. The predicted octanol–water partition coefficient (Wildman–Crippen LogP) is 1.59. The van der Waals surface area contributed by atoms with Crippen molar-refractivity contribution in [2.24, 2.45) is 0 Å². The van der Waals surface area contributed by atoms with Crippen LogP contribution in [0.4, 0.5) is 11.8 Å². The molecule has 3 aromatic rings. The summed E-state index contributed by atoms with van der Waals surface area (Å²) in [6.07, 6.45) is 2.61. The van der Waals surface area contributed by atoms with Crippen LogP contribution in [0.2, 0.25) is 0 Å². The Labute approximate surface area is 110 Å². The van der Waals surface area contributed by atoms with E-state index in [-0.39, 0.29) is 5.95 Å². The number of benzene rings is 1. The van der Waals surface area contributed by atoms with Crippen LogP contribution in [0.1, 0.15) is 5.56 Å². The lowest BCUT2D eigenvalue weighted by molar-refractivity contribution is 1.01. The van der Waals surface area contributed by atoms with E-state index in [1.54, 1.807) is 6.20 Å². The van der Waals surface area contributed by atoms with Crippen molar-refractivity contribution < 1.29 is 0 Å². The van der Waals surface area contributed by atoms with Gasteiger partial charge in [0.1, 0.15) is 5.82 Å². The summed E-state index contributed by atoms with van der Waals surface area (Å²) < 4.78 is 0. The lowest BCUT2D eigenvalue weighted by atomic mass is 10.1. The quantitative estimate of drug-likeness (QED) is 0.657. The summed E-state index contributed by atoms with van der Waals surface area (Å²) in [6.45, 7) is 0.779. The fourth-order valence-electron chi connectivity index (χ4n) is 1.96. The van der Waals surface area contributed by atoms with Crippen molar-refractivity contribution in [3.05, 3.63) is 42.1 Å². The smallest absolute Gasteiger partial charge is 0.224 e. The van der Waals surface area contributed by atoms with E-state index < -0.39 is 0 Å². The van der Waals surface area contributed by atoms with Crippen LogP contribution in [-0.4, -0.2) is 26.7 Å². The summed E-state index contributed by atoms with van der Waals surface area (Å²) in [6, 6.07) is 10.3. The average Bonchev–Trinajstić information content (AvgIpc) is 2.88. The number of rotatable bonds is 4. The molecule has 0 fully saturated rings. The van der Waals surface area contributed by atoms with Gasteiger partial charge >= 0.3 is 0 Å². The number of anilines is 2. The van der Waals surface area contributed by atoms with Crippen molar-refractivity contribution in [3.63, 3.8) is 0 Å². The molecular weight excluding hydrogens is 240 g/mol. The van der Waals surface area contributed by atoms with Gasteiger partial charge in [0.05, 0.1) is 11.6 Å². The first-order valence-electron chi connectivity index (χ1n) is 6.07. The zero-order valence-electron chi connectivity index (χ0n) is 10.3. The number of nitrogens with zero attached hydrogens (tertiary/aromatic N) is 3. The van der Waals surface area contributed by atoms with Crippen molar-refractivity contribution >= 4 is 22.8 Å². The predicted molar refractivity (Wildman–Crippen MR) is 74.7 cm³/mol. The molecule has 0 saturated carbocycles. The van der Waals surface area contributed by atoms with E-state index in [1.807, 2.05) is 18.2 Å². The molecule has 0 aliphatic carbocycles. The first-order valence-corrected chi connectivity index (χ1v) is 6.07. The van der Waals surface area contributed by atoms with Crippen molar-refractivity contribution in [1.29, 1.82) is 0 Å².